The first-order valence-corrected chi connectivity index (χ1v) is 6.84. The van der Waals surface area contributed by atoms with Gasteiger partial charge in [-0.25, -0.2) is 4.79 Å². The zero-order valence-corrected chi connectivity index (χ0v) is 10.7. The summed E-state index contributed by atoms with van der Waals surface area (Å²) in [7, 11) is -1.48. The highest BCUT2D eigenvalue weighted by Gasteiger charge is 2.10. The van der Waals surface area contributed by atoms with Crippen molar-refractivity contribution in [3.8, 4) is 0 Å². The maximum absolute atomic E-state index is 11.5. The molecule has 1 aromatic carbocycles. The van der Waals surface area contributed by atoms with Crippen LogP contribution in [0.5, 0.6) is 0 Å². The predicted octanol–water partition coefficient (Wildman–Crippen LogP) is 1.20. The van der Waals surface area contributed by atoms with Gasteiger partial charge in [0.25, 0.3) is 0 Å². The molecule has 0 aliphatic rings. The Morgan fingerprint density at radius 3 is 2.72 bits per heavy atom. The fraction of sp³-hybridized carbons (Fsp3) is 0.333. The number of hydrogen-bond donors (Lipinski definition) is 1. The molecule has 0 bridgehead atoms. The van der Waals surface area contributed by atoms with Gasteiger partial charge in [-0.3, -0.25) is 9.00 Å². The Morgan fingerprint density at radius 1 is 1.39 bits per heavy atom. The summed E-state index contributed by atoms with van der Waals surface area (Å²) in [6.45, 7) is 2.00. The minimum Gasteiger partial charge on any atom is -0.481 e. The van der Waals surface area contributed by atoms with Gasteiger partial charge < -0.3 is 9.84 Å². The first-order valence-electron chi connectivity index (χ1n) is 5.35. The van der Waals surface area contributed by atoms with Crippen LogP contribution in [0.3, 0.4) is 0 Å². The number of benzene rings is 1. The zero-order valence-electron chi connectivity index (χ0n) is 9.92. The van der Waals surface area contributed by atoms with Crippen molar-refractivity contribution in [1.29, 1.82) is 0 Å². The largest absolute Gasteiger partial charge is 0.481 e. The molecule has 6 heteroatoms. The van der Waals surface area contributed by atoms with E-state index in [0.717, 1.165) is 0 Å². The van der Waals surface area contributed by atoms with Gasteiger partial charge in [-0.15, -0.1) is 0 Å². The zero-order chi connectivity index (χ0) is 13.5. The number of carbonyl (C=O) groups excluding carboxylic acids is 1. The van der Waals surface area contributed by atoms with Crippen molar-refractivity contribution in [2.45, 2.75) is 12.7 Å². The Balaban J connectivity index is 2.73. The second kappa shape index (κ2) is 6.90. The monoisotopic (exact) mass is 270 g/mol. The molecule has 18 heavy (non-hydrogen) atoms. The van der Waals surface area contributed by atoms with Gasteiger partial charge in [0.1, 0.15) is 5.75 Å². The predicted molar refractivity (Wildman–Crippen MR) is 66.7 cm³/mol. The van der Waals surface area contributed by atoms with Crippen molar-refractivity contribution in [1.82, 2.24) is 0 Å². The lowest BCUT2D eigenvalue weighted by Crippen LogP contribution is -2.11. The Kier molecular flexibility index (Phi) is 5.51. The standard InChI is InChI=1S/C12H14O5S/c1-2-17-12(15)10-5-3-4-9(6-10)7-18(16)8-11(13)14/h3-6H,2,7-8H2,1H3,(H,13,14). The first-order chi connectivity index (χ1) is 8.52. The number of aliphatic carboxylic acids is 1. The summed E-state index contributed by atoms with van der Waals surface area (Å²) in [5.74, 6) is -1.83. The molecule has 1 aromatic rings. The van der Waals surface area contributed by atoms with Crippen molar-refractivity contribution < 1.29 is 23.6 Å². The van der Waals surface area contributed by atoms with Crippen molar-refractivity contribution in [2.75, 3.05) is 12.4 Å². The summed E-state index contributed by atoms with van der Waals surface area (Å²) >= 11 is 0. The van der Waals surface area contributed by atoms with E-state index in [0.29, 0.717) is 11.1 Å². The fourth-order valence-corrected chi connectivity index (χ4v) is 2.31. The van der Waals surface area contributed by atoms with Crippen LogP contribution >= 0.6 is 0 Å². The van der Waals surface area contributed by atoms with E-state index < -0.39 is 28.5 Å². The summed E-state index contributed by atoms with van der Waals surface area (Å²) in [6.07, 6.45) is 0. The van der Waals surface area contributed by atoms with Crippen molar-refractivity contribution in [3.05, 3.63) is 35.4 Å². The molecule has 0 heterocycles. The van der Waals surface area contributed by atoms with Crippen LogP contribution in [0.15, 0.2) is 24.3 Å². The lowest BCUT2D eigenvalue weighted by molar-refractivity contribution is -0.133. The number of esters is 1. The fourth-order valence-electron chi connectivity index (χ4n) is 1.38. The molecular formula is C12H14O5S. The van der Waals surface area contributed by atoms with Crippen LogP contribution < -0.4 is 0 Å². The van der Waals surface area contributed by atoms with Crippen molar-refractivity contribution >= 4 is 22.7 Å². The molecule has 1 unspecified atom stereocenters. The van der Waals surface area contributed by atoms with Crippen LogP contribution in [0.1, 0.15) is 22.8 Å². The summed E-state index contributed by atoms with van der Waals surface area (Å²) in [6, 6.07) is 6.52. The number of carboxylic acid groups (broad SMARTS) is 1. The third-order valence-electron chi connectivity index (χ3n) is 2.05. The van der Waals surface area contributed by atoms with Gasteiger partial charge in [-0.05, 0) is 24.6 Å². The highest BCUT2D eigenvalue weighted by molar-refractivity contribution is 7.84. The molecule has 0 radical (unpaired) electrons. The van der Waals surface area contributed by atoms with Crippen molar-refractivity contribution in [3.63, 3.8) is 0 Å². The Hall–Kier alpha value is -1.69. The molecule has 0 aliphatic carbocycles. The second-order valence-electron chi connectivity index (χ2n) is 3.54. The molecule has 0 spiro atoms. The van der Waals surface area contributed by atoms with Gasteiger partial charge >= 0.3 is 11.9 Å². The maximum Gasteiger partial charge on any atom is 0.338 e. The second-order valence-corrected chi connectivity index (χ2v) is 5.00. The van der Waals surface area contributed by atoms with Crippen molar-refractivity contribution in [2.24, 2.45) is 0 Å². The minimum absolute atomic E-state index is 0.111. The van der Waals surface area contributed by atoms with Gasteiger partial charge in [-0.2, -0.15) is 0 Å². The van der Waals surface area contributed by atoms with Gasteiger partial charge in [0, 0.05) is 16.6 Å². The highest BCUT2D eigenvalue weighted by Crippen LogP contribution is 2.09. The van der Waals surface area contributed by atoms with E-state index in [2.05, 4.69) is 0 Å². The van der Waals surface area contributed by atoms with Gasteiger partial charge in [0.05, 0.1) is 12.2 Å². The average Bonchev–Trinajstić information content (AvgIpc) is 2.28. The van der Waals surface area contributed by atoms with E-state index in [9.17, 15) is 13.8 Å². The van der Waals surface area contributed by atoms with Gasteiger partial charge in [0.15, 0.2) is 0 Å². The summed E-state index contributed by atoms with van der Waals surface area (Å²) < 4.78 is 16.3. The molecule has 0 aliphatic heterocycles. The maximum atomic E-state index is 11.5. The molecule has 5 nitrogen and oxygen atoms in total. The van der Waals surface area contributed by atoms with Crippen LogP contribution in [-0.2, 0) is 26.1 Å². The molecule has 0 saturated carbocycles. The number of carboxylic acids is 1. The van der Waals surface area contributed by atoms with Crippen LogP contribution in [0.25, 0.3) is 0 Å². The number of carbonyl (C=O) groups is 2. The lowest BCUT2D eigenvalue weighted by Gasteiger charge is -2.04. The van der Waals surface area contributed by atoms with E-state index in [-0.39, 0.29) is 12.4 Å². The summed E-state index contributed by atoms with van der Waals surface area (Å²) in [4.78, 5) is 21.9. The van der Waals surface area contributed by atoms with Gasteiger partial charge in [0.2, 0.25) is 0 Å². The van der Waals surface area contributed by atoms with Crippen LogP contribution in [0, 0.1) is 0 Å². The molecule has 98 valence electrons. The number of rotatable bonds is 6. The third-order valence-corrected chi connectivity index (χ3v) is 3.27. The van der Waals surface area contributed by atoms with Crippen LogP contribution in [0.2, 0.25) is 0 Å². The molecule has 1 atom stereocenters. The van der Waals surface area contributed by atoms with E-state index in [1.54, 1.807) is 31.2 Å². The topological polar surface area (TPSA) is 80.7 Å². The Labute approximate surface area is 107 Å². The summed E-state index contributed by atoms with van der Waals surface area (Å²) in [5.41, 5.74) is 1.03. The van der Waals surface area contributed by atoms with E-state index >= 15 is 0 Å². The SMILES string of the molecule is CCOC(=O)c1cccc(CS(=O)CC(=O)O)c1. The molecule has 1 rings (SSSR count). The average molecular weight is 270 g/mol. The van der Waals surface area contributed by atoms with Gasteiger partial charge in [-0.1, -0.05) is 12.1 Å². The van der Waals surface area contributed by atoms with Crippen LogP contribution in [-0.4, -0.2) is 33.6 Å². The lowest BCUT2D eigenvalue weighted by atomic mass is 10.1. The molecule has 0 aromatic heterocycles. The summed E-state index contributed by atoms with van der Waals surface area (Å²) in [5, 5.41) is 8.51. The number of hydrogen-bond acceptors (Lipinski definition) is 4. The molecule has 0 fully saturated rings. The first kappa shape index (κ1) is 14.4. The molecular weight excluding hydrogens is 256 g/mol. The molecule has 0 saturated heterocycles. The number of ether oxygens (including phenoxy) is 1. The highest BCUT2D eigenvalue weighted by atomic mass is 32.2. The molecule has 0 amide bonds. The van der Waals surface area contributed by atoms with Crippen LogP contribution in [0.4, 0.5) is 0 Å². The smallest absolute Gasteiger partial charge is 0.338 e. The Bertz CT molecular complexity index is 469. The minimum atomic E-state index is -1.48. The normalized spacial score (nSPS) is 11.8. The quantitative estimate of drug-likeness (QED) is 0.785. The van der Waals surface area contributed by atoms with E-state index in [4.69, 9.17) is 9.84 Å². The Morgan fingerprint density at radius 2 is 2.11 bits per heavy atom. The van der Waals surface area contributed by atoms with E-state index in [1.165, 1.54) is 0 Å². The molecule has 1 N–H and O–H groups in total. The third kappa shape index (κ3) is 4.67. The van der Waals surface area contributed by atoms with E-state index in [1.807, 2.05) is 0 Å².